The molecule has 0 radical (unpaired) electrons. The van der Waals surface area contributed by atoms with Crippen molar-refractivity contribution in [3.05, 3.63) is 101 Å². The third kappa shape index (κ3) is 5.34. The van der Waals surface area contributed by atoms with Crippen molar-refractivity contribution in [3.8, 4) is 0 Å². The van der Waals surface area contributed by atoms with Crippen LogP contribution in [0.4, 0.5) is 5.69 Å². The van der Waals surface area contributed by atoms with Gasteiger partial charge in [0, 0.05) is 28.7 Å². The van der Waals surface area contributed by atoms with Crippen LogP contribution in [0.3, 0.4) is 0 Å². The number of ether oxygens (including phenoxy) is 2. The normalized spacial score (nSPS) is 23.2. The molecule has 6 heteroatoms. The Labute approximate surface area is 193 Å². The van der Waals surface area contributed by atoms with E-state index in [1.165, 1.54) is 0 Å². The molecule has 4 N–H and O–H groups in total. The lowest BCUT2D eigenvalue weighted by Crippen LogP contribution is -2.38. The molecule has 1 unspecified atom stereocenters. The van der Waals surface area contributed by atoms with Gasteiger partial charge in [0.15, 0.2) is 6.29 Å². The Hall–Kier alpha value is -2.35. The molecule has 1 aliphatic heterocycles. The molecule has 0 aliphatic carbocycles. The molecule has 1 fully saturated rings. The Morgan fingerprint density at radius 3 is 2.25 bits per heavy atom. The van der Waals surface area contributed by atoms with E-state index in [-0.39, 0.29) is 31.3 Å². The number of anilines is 1. The van der Waals surface area contributed by atoms with Crippen LogP contribution < -0.4 is 5.73 Å². The zero-order valence-corrected chi connectivity index (χ0v) is 18.7. The summed E-state index contributed by atoms with van der Waals surface area (Å²) in [6, 6.07) is 25.8. The summed E-state index contributed by atoms with van der Waals surface area (Å²) in [7, 11) is 0. The second kappa shape index (κ2) is 11.0. The lowest BCUT2D eigenvalue weighted by Gasteiger charge is -2.43. The summed E-state index contributed by atoms with van der Waals surface area (Å²) >= 11 is 1.67. The number of aliphatic hydroxyl groups excluding tert-OH is 2. The molecule has 0 aromatic heterocycles. The minimum absolute atomic E-state index is 0.00334. The lowest BCUT2D eigenvalue weighted by atomic mass is 9.84. The summed E-state index contributed by atoms with van der Waals surface area (Å²) in [5.41, 5.74) is 10.6. The van der Waals surface area contributed by atoms with Crippen molar-refractivity contribution in [1.82, 2.24) is 0 Å². The van der Waals surface area contributed by atoms with Gasteiger partial charge >= 0.3 is 0 Å². The molecular formula is C26H29NO4S. The lowest BCUT2D eigenvalue weighted by molar-refractivity contribution is -0.255. The summed E-state index contributed by atoms with van der Waals surface area (Å²) in [6.07, 6.45) is -0.928. The zero-order chi connectivity index (χ0) is 22.3. The highest BCUT2D eigenvalue weighted by atomic mass is 32.2. The van der Waals surface area contributed by atoms with Gasteiger partial charge < -0.3 is 25.4 Å². The Bertz CT molecular complexity index is 983. The minimum atomic E-state index is -0.555. The van der Waals surface area contributed by atoms with Crippen LogP contribution >= 0.6 is 11.8 Å². The fourth-order valence-electron chi connectivity index (χ4n) is 4.12. The molecule has 1 heterocycles. The van der Waals surface area contributed by atoms with Gasteiger partial charge in [0.05, 0.1) is 25.4 Å². The summed E-state index contributed by atoms with van der Waals surface area (Å²) in [5.74, 6) is 1.36. The highest BCUT2D eigenvalue weighted by Crippen LogP contribution is 2.47. The fraction of sp³-hybridized carbons (Fsp3) is 0.308. The second-order valence-corrected chi connectivity index (χ2v) is 9.02. The van der Waals surface area contributed by atoms with Crippen molar-refractivity contribution in [2.45, 2.75) is 31.0 Å². The van der Waals surface area contributed by atoms with Gasteiger partial charge in [-0.25, -0.2) is 0 Å². The molecule has 0 spiro atoms. The van der Waals surface area contributed by atoms with Gasteiger partial charge in [-0.2, -0.15) is 11.8 Å². The smallest absolute Gasteiger partial charge is 0.185 e. The van der Waals surface area contributed by atoms with E-state index in [9.17, 15) is 10.2 Å². The maximum Gasteiger partial charge on any atom is 0.185 e. The number of hydrogen-bond donors (Lipinski definition) is 3. The molecule has 4 rings (SSSR count). The van der Waals surface area contributed by atoms with Crippen molar-refractivity contribution >= 4 is 17.4 Å². The van der Waals surface area contributed by atoms with E-state index >= 15 is 0 Å². The SMILES string of the molecule is Nc1cccc(C2O[C@H](CSCCO)[C@@H](c3ccccc3)[C@H](c3ccc(CO)cc3)O2)c1. The van der Waals surface area contributed by atoms with Crippen molar-refractivity contribution in [2.24, 2.45) is 0 Å². The Morgan fingerprint density at radius 1 is 0.812 bits per heavy atom. The summed E-state index contributed by atoms with van der Waals surface area (Å²) in [6.45, 7) is 0.137. The number of aliphatic hydroxyl groups is 2. The summed E-state index contributed by atoms with van der Waals surface area (Å²) < 4.78 is 13.1. The number of thioether (sulfide) groups is 1. The molecule has 4 atom stereocenters. The van der Waals surface area contributed by atoms with Crippen molar-refractivity contribution in [2.75, 3.05) is 23.8 Å². The summed E-state index contributed by atoms with van der Waals surface area (Å²) in [4.78, 5) is 0. The van der Waals surface area contributed by atoms with Crippen LogP contribution in [-0.4, -0.2) is 34.4 Å². The van der Waals surface area contributed by atoms with E-state index in [2.05, 4.69) is 12.1 Å². The average molecular weight is 452 g/mol. The van der Waals surface area contributed by atoms with Crippen LogP contribution in [0.15, 0.2) is 78.9 Å². The van der Waals surface area contributed by atoms with Crippen LogP contribution in [0.1, 0.15) is 40.6 Å². The van der Waals surface area contributed by atoms with Gasteiger partial charge in [-0.15, -0.1) is 0 Å². The van der Waals surface area contributed by atoms with Gasteiger partial charge in [-0.3, -0.25) is 0 Å². The molecule has 0 saturated carbocycles. The summed E-state index contributed by atoms with van der Waals surface area (Å²) in [5, 5.41) is 18.8. The van der Waals surface area contributed by atoms with Gasteiger partial charge in [0.25, 0.3) is 0 Å². The molecule has 3 aromatic rings. The first-order valence-electron chi connectivity index (χ1n) is 10.8. The molecule has 0 bridgehead atoms. The molecule has 1 saturated heterocycles. The number of nitrogen functional groups attached to an aromatic ring is 1. The predicted molar refractivity (Wildman–Crippen MR) is 128 cm³/mol. The molecule has 1 aliphatic rings. The number of benzene rings is 3. The van der Waals surface area contributed by atoms with Crippen LogP contribution in [0.25, 0.3) is 0 Å². The van der Waals surface area contributed by atoms with E-state index in [0.29, 0.717) is 11.4 Å². The molecular weight excluding hydrogens is 422 g/mol. The van der Waals surface area contributed by atoms with E-state index in [1.807, 2.05) is 66.7 Å². The molecule has 5 nitrogen and oxygen atoms in total. The Balaban J connectivity index is 1.74. The first-order chi connectivity index (χ1) is 15.7. The zero-order valence-electron chi connectivity index (χ0n) is 17.8. The van der Waals surface area contributed by atoms with Gasteiger partial charge in [-0.05, 0) is 28.8 Å². The van der Waals surface area contributed by atoms with E-state index < -0.39 is 6.29 Å². The predicted octanol–water partition coefficient (Wildman–Crippen LogP) is 4.43. The number of nitrogens with two attached hydrogens (primary N) is 1. The largest absolute Gasteiger partial charge is 0.399 e. The fourth-order valence-corrected chi connectivity index (χ4v) is 4.94. The highest BCUT2D eigenvalue weighted by Gasteiger charge is 2.41. The maximum atomic E-state index is 9.46. The molecule has 168 valence electrons. The first-order valence-corrected chi connectivity index (χ1v) is 11.9. The van der Waals surface area contributed by atoms with E-state index in [0.717, 1.165) is 28.0 Å². The molecule has 32 heavy (non-hydrogen) atoms. The van der Waals surface area contributed by atoms with Gasteiger partial charge in [-0.1, -0.05) is 66.7 Å². The van der Waals surface area contributed by atoms with Gasteiger partial charge in [0.1, 0.15) is 0 Å². The second-order valence-electron chi connectivity index (χ2n) is 7.87. The third-order valence-electron chi connectivity index (χ3n) is 5.67. The van der Waals surface area contributed by atoms with Crippen LogP contribution in [-0.2, 0) is 16.1 Å². The average Bonchev–Trinajstić information content (AvgIpc) is 2.84. The van der Waals surface area contributed by atoms with Crippen LogP contribution in [0, 0.1) is 0 Å². The topological polar surface area (TPSA) is 84.9 Å². The Morgan fingerprint density at radius 2 is 1.56 bits per heavy atom. The van der Waals surface area contributed by atoms with Crippen molar-refractivity contribution in [3.63, 3.8) is 0 Å². The van der Waals surface area contributed by atoms with E-state index in [4.69, 9.17) is 15.2 Å². The number of rotatable bonds is 8. The maximum absolute atomic E-state index is 9.46. The van der Waals surface area contributed by atoms with Gasteiger partial charge in [0.2, 0.25) is 0 Å². The molecule has 3 aromatic carbocycles. The van der Waals surface area contributed by atoms with Crippen molar-refractivity contribution < 1.29 is 19.7 Å². The van der Waals surface area contributed by atoms with Crippen LogP contribution in [0.5, 0.6) is 0 Å². The van der Waals surface area contributed by atoms with Crippen molar-refractivity contribution in [1.29, 1.82) is 0 Å². The molecule has 0 amide bonds. The monoisotopic (exact) mass is 451 g/mol. The first kappa shape index (κ1) is 22.8. The van der Waals surface area contributed by atoms with E-state index in [1.54, 1.807) is 11.8 Å². The number of hydrogen-bond acceptors (Lipinski definition) is 6. The van der Waals surface area contributed by atoms with Crippen LogP contribution in [0.2, 0.25) is 0 Å². The quantitative estimate of drug-likeness (QED) is 0.347. The minimum Gasteiger partial charge on any atom is -0.399 e. The highest BCUT2D eigenvalue weighted by molar-refractivity contribution is 7.99. The standard InChI is InChI=1S/C26H29NO4S/c27-22-8-4-7-21(15-22)26-30-23(17-32-14-13-28)24(19-5-2-1-3-6-19)25(31-26)20-11-9-18(16-29)10-12-20/h1-12,15,23-26,28-29H,13-14,16-17,27H2/t23-,24-,25+,26?/m1/s1. The Kier molecular flexibility index (Phi) is 7.84. The third-order valence-corrected chi connectivity index (χ3v) is 6.71.